The summed E-state index contributed by atoms with van der Waals surface area (Å²) in [5, 5.41) is 11.0. The lowest BCUT2D eigenvalue weighted by molar-refractivity contribution is 0.0215. The molecule has 132 valence electrons. The summed E-state index contributed by atoms with van der Waals surface area (Å²) in [7, 11) is 3.88. The molecule has 1 aliphatic heterocycles. The Bertz CT molecular complexity index is 859. The van der Waals surface area contributed by atoms with Crippen LogP contribution >= 0.6 is 0 Å². The van der Waals surface area contributed by atoms with Crippen molar-refractivity contribution < 1.29 is 9.84 Å². The third-order valence-corrected chi connectivity index (χ3v) is 6.91. The first-order valence-corrected chi connectivity index (χ1v) is 9.17. The number of fused-ring (bicyclic) bond motifs is 2. The second-order valence-electron chi connectivity index (χ2n) is 8.04. The lowest BCUT2D eigenvalue weighted by atomic mass is 9.52. The Balaban J connectivity index is 1.76. The average Bonchev–Trinajstić information content (AvgIpc) is 2.94. The van der Waals surface area contributed by atoms with Gasteiger partial charge < -0.3 is 19.7 Å². The summed E-state index contributed by atoms with van der Waals surface area (Å²) >= 11 is 0. The van der Waals surface area contributed by atoms with Crippen LogP contribution in [0.15, 0.2) is 12.1 Å². The highest BCUT2D eigenvalue weighted by Gasteiger charge is 2.56. The van der Waals surface area contributed by atoms with Crippen LogP contribution in [0, 0.1) is 12.8 Å². The van der Waals surface area contributed by atoms with Gasteiger partial charge in [-0.3, -0.25) is 0 Å². The number of likely N-dealkylation sites (tertiary alicyclic amines) is 1. The van der Waals surface area contributed by atoms with Crippen molar-refractivity contribution >= 4 is 0 Å². The van der Waals surface area contributed by atoms with Crippen molar-refractivity contribution in [1.29, 1.82) is 0 Å². The van der Waals surface area contributed by atoms with Gasteiger partial charge in [0.15, 0.2) is 11.5 Å². The van der Waals surface area contributed by atoms with Gasteiger partial charge in [-0.1, -0.05) is 6.07 Å². The minimum Gasteiger partial charge on any atom is -0.504 e. The molecule has 0 unspecified atom stereocenters. The van der Waals surface area contributed by atoms with Gasteiger partial charge in [0.05, 0.1) is 12.8 Å². The molecule has 2 N–H and O–H groups in total. The number of likely N-dealkylation sites (N-methyl/N-ethyl adjacent to an activating group) is 1. The quantitative estimate of drug-likeness (QED) is 0.837. The van der Waals surface area contributed by atoms with Crippen molar-refractivity contribution in [2.75, 3.05) is 20.7 Å². The minimum atomic E-state index is -0.0185. The molecule has 0 amide bonds. The van der Waals surface area contributed by atoms with Gasteiger partial charge in [0.2, 0.25) is 0 Å². The molecule has 0 radical (unpaired) electrons. The highest BCUT2D eigenvalue weighted by Crippen LogP contribution is 2.57. The number of aromatic amines is 1. The minimum absolute atomic E-state index is 0.0185. The number of hydrogen-bond acceptors (Lipinski definition) is 4. The summed E-state index contributed by atoms with van der Waals surface area (Å²) < 4.78 is 5.44. The molecule has 2 aromatic rings. The number of aromatic nitrogens is 2. The third kappa shape index (κ3) is 1.90. The lowest BCUT2D eigenvalue weighted by Crippen LogP contribution is -2.61. The van der Waals surface area contributed by atoms with Crippen molar-refractivity contribution in [3.8, 4) is 11.5 Å². The SMILES string of the molecule is COc1ccc2c(c1O)[C@@]13CCN(C)[C@@H](C2)[C@H]1Cc1nc(C)[nH]c1C3. The maximum absolute atomic E-state index is 11.0. The highest BCUT2D eigenvalue weighted by molar-refractivity contribution is 5.57. The van der Waals surface area contributed by atoms with E-state index in [1.807, 2.05) is 13.0 Å². The molecule has 1 aromatic heterocycles. The van der Waals surface area contributed by atoms with Crippen LogP contribution in [-0.2, 0) is 24.7 Å². The first kappa shape index (κ1) is 15.3. The zero-order valence-electron chi connectivity index (χ0n) is 15.1. The Morgan fingerprint density at radius 3 is 3.00 bits per heavy atom. The first-order chi connectivity index (χ1) is 12.0. The van der Waals surface area contributed by atoms with E-state index in [1.165, 1.54) is 17.0 Å². The highest BCUT2D eigenvalue weighted by atomic mass is 16.5. The Labute approximate surface area is 148 Å². The number of nitrogens with one attached hydrogen (secondary N) is 1. The van der Waals surface area contributed by atoms with E-state index in [9.17, 15) is 5.11 Å². The number of methoxy groups -OCH3 is 1. The largest absolute Gasteiger partial charge is 0.504 e. The topological polar surface area (TPSA) is 61.4 Å². The average molecular weight is 339 g/mol. The summed E-state index contributed by atoms with van der Waals surface area (Å²) in [6.07, 6.45) is 3.99. The van der Waals surface area contributed by atoms with E-state index in [-0.39, 0.29) is 5.41 Å². The molecular weight excluding hydrogens is 314 g/mol. The molecule has 2 heterocycles. The Morgan fingerprint density at radius 2 is 2.20 bits per heavy atom. The van der Waals surface area contributed by atoms with E-state index in [4.69, 9.17) is 9.72 Å². The van der Waals surface area contributed by atoms with E-state index in [0.29, 0.717) is 23.5 Å². The number of ether oxygens (including phenoxy) is 1. The van der Waals surface area contributed by atoms with E-state index in [2.05, 4.69) is 23.0 Å². The summed E-state index contributed by atoms with van der Waals surface area (Å²) in [4.78, 5) is 10.7. The maximum atomic E-state index is 11.0. The summed E-state index contributed by atoms with van der Waals surface area (Å²) in [6, 6.07) is 4.58. The van der Waals surface area contributed by atoms with Gasteiger partial charge in [-0.25, -0.2) is 4.98 Å². The van der Waals surface area contributed by atoms with Crippen LogP contribution in [-0.4, -0.2) is 46.7 Å². The van der Waals surface area contributed by atoms with Crippen LogP contribution in [0.25, 0.3) is 0 Å². The number of nitrogens with zero attached hydrogens (tertiary/aromatic N) is 2. The second-order valence-corrected chi connectivity index (χ2v) is 8.04. The first-order valence-electron chi connectivity index (χ1n) is 9.17. The van der Waals surface area contributed by atoms with Gasteiger partial charge in [-0.15, -0.1) is 0 Å². The fourth-order valence-corrected chi connectivity index (χ4v) is 5.81. The van der Waals surface area contributed by atoms with Crippen molar-refractivity contribution in [2.24, 2.45) is 5.92 Å². The molecule has 0 spiro atoms. The van der Waals surface area contributed by atoms with E-state index >= 15 is 0 Å². The second kappa shape index (κ2) is 5.01. The van der Waals surface area contributed by atoms with Crippen LogP contribution in [0.5, 0.6) is 11.5 Å². The maximum Gasteiger partial charge on any atom is 0.161 e. The van der Waals surface area contributed by atoms with Gasteiger partial charge >= 0.3 is 0 Å². The number of phenolic OH excluding ortho intramolecular Hbond substituents is 1. The number of imidazole rings is 1. The molecule has 25 heavy (non-hydrogen) atoms. The van der Waals surface area contributed by atoms with Gasteiger partial charge in [-0.05, 0) is 63.7 Å². The Morgan fingerprint density at radius 1 is 1.36 bits per heavy atom. The van der Waals surface area contributed by atoms with Crippen LogP contribution in [0.4, 0.5) is 0 Å². The van der Waals surface area contributed by atoms with Crippen LogP contribution in [0.3, 0.4) is 0 Å². The number of rotatable bonds is 1. The fraction of sp³-hybridized carbons (Fsp3) is 0.550. The molecule has 5 nitrogen and oxygen atoms in total. The fourth-order valence-electron chi connectivity index (χ4n) is 5.81. The monoisotopic (exact) mass is 339 g/mol. The standard InChI is InChI=1S/C20H25N3O2/c1-11-21-14-9-13-16-8-12-4-5-17(25-3)19(24)18(12)20(13,6-7-23(16)2)10-15(14)22-11/h4-5,13,16,24H,6-10H2,1-3H3,(H,21,22)/t13-,16+,20-/m1/s1. The van der Waals surface area contributed by atoms with Crippen molar-refractivity contribution in [1.82, 2.24) is 14.9 Å². The van der Waals surface area contributed by atoms with Crippen molar-refractivity contribution in [2.45, 2.75) is 44.1 Å². The molecule has 2 bridgehead atoms. The molecule has 5 rings (SSSR count). The van der Waals surface area contributed by atoms with Crippen molar-refractivity contribution in [3.05, 3.63) is 40.5 Å². The van der Waals surface area contributed by atoms with Gasteiger partial charge in [0, 0.05) is 22.7 Å². The molecule has 5 heteroatoms. The van der Waals surface area contributed by atoms with E-state index < -0.39 is 0 Å². The van der Waals surface area contributed by atoms with E-state index in [1.54, 1.807) is 7.11 Å². The summed E-state index contributed by atoms with van der Waals surface area (Å²) in [5.74, 6) is 2.44. The summed E-state index contributed by atoms with van der Waals surface area (Å²) in [5.41, 5.74) is 4.89. The molecule has 1 fully saturated rings. The summed E-state index contributed by atoms with van der Waals surface area (Å²) in [6.45, 7) is 3.10. The molecule has 3 atom stereocenters. The molecule has 1 saturated heterocycles. The van der Waals surface area contributed by atoms with Crippen LogP contribution < -0.4 is 4.74 Å². The van der Waals surface area contributed by atoms with Crippen LogP contribution in [0.2, 0.25) is 0 Å². The molecule has 1 aromatic carbocycles. The van der Waals surface area contributed by atoms with Crippen LogP contribution in [0.1, 0.15) is 34.8 Å². The Kier molecular flexibility index (Phi) is 3.06. The lowest BCUT2D eigenvalue weighted by Gasteiger charge is -2.57. The number of aryl methyl sites for hydroxylation is 1. The molecule has 2 aliphatic carbocycles. The van der Waals surface area contributed by atoms with E-state index in [0.717, 1.165) is 43.6 Å². The van der Waals surface area contributed by atoms with Crippen molar-refractivity contribution in [3.63, 3.8) is 0 Å². The molecule has 0 saturated carbocycles. The number of benzene rings is 1. The number of phenols is 1. The number of hydrogen-bond donors (Lipinski definition) is 2. The number of piperidine rings is 1. The molecular formula is C20H25N3O2. The Hall–Kier alpha value is -2.01. The van der Waals surface area contributed by atoms with Gasteiger partial charge in [0.25, 0.3) is 0 Å². The zero-order chi connectivity index (χ0) is 17.3. The number of aromatic hydroxyl groups is 1. The third-order valence-electron chi connectivity index (χ3n) is 6.91. The number of H-pyrrole nitrogens is 1. The molecule has 3 aliphatic rings. The predicted molar refractivity (Wildman–Crippen MR) is 95.3 cm³/mol. The van der Waals surface area contributed by atoms with Gasteiger partial charge in [0.1, 0.15) is 5.82 Å². The van der Waals surface area contributed by atoms with Gasteiger partial charge in [-0.2, -0.15) is 0 Å². The zero-order valence-corrected chi connectivity index (χ0v) is 15.1. The predicted octanol–water partition coefficient (Wildman–Crippen LogP) is 2.35. The normalized spacial score (nSPS) is 30.4. The smallest absolute Gasteiger partial charge is 0.161 e.